The first kappa shape index (κ1) is 15.8. The zero-order chi connectivity index (χ0) is 18.1. The molecule has 3 aromatic heterocycles. The summed E-state index contributed by atoms with van der Waals surface area (Å²) in [7, 11) is 0. The molecule has 0 amide bonds. The lowest BCUT2D eigenvalue weighted by molar-refractivity contribution is 0.354. The van der Waals surface area contributed by atoms with Crippen molar-refractivity contribution in [1.82, 2.24) is 29.8 Å². The van der Waals surface area contributed by atoms with Crippen molar-refractivity contribution in [3.8, 4) is 23.0 Å². The van der Waals surface area contributed by atoms with E-state index in [1.54, 1.807) is 25.1 Å². The summed E-state index contributed by atoms with van der Waals surface area (Å²) in [5.41, 5.74) is 0.980. The number of aryl methyl sites for hydroxylation is 1. The quantitative estimate of drug-likeness (QED) is 0.545. The highest BCUT2D eigenvalue weighted by Crippen LogP contribution is 2.19. The minimum Gasteiger partial charge on any atom is -0.337 e. The van der Waals surface area contributed by atoms with Gasteiger partial charge in [0.2, 0.25) is 17.5 Å². The first-order valence-corrected chi connectivity index (χ1v) is 7.55. The highest BCUT2D eigenvalue weighted by Gasteiger charge is 2.18. The van der Waals surface area contributed by atoms with Gasteiger partial charge in [-0.3, -0.25) is 4.52 Å². The topological polar surface area (TPSA) is 113 Å². The summed E-state index contributed by atoms with van der Waals surface area (Å²) in [4.78, 5) is 24.2. The summed E-state index contributed by atoms with van der Waals surface area (Å²) in [5.74, 6) is -0.388. The maximum atomic E-state index is 13.7. The first-order chi connectivity index (χ1) is 12.6. The van der Waals surface area contributed by atoms with Crippen LogP contribution in [0.15, 0.2) is 50.5 Å². The molecule has 0 aliphatic heterocycles. The van der Waals surface area contributed by atoms with E-state index in [9.17, 15) is 9.18 Å². The summed E-state index contributed by atoms with van der Waals surface area (Å²) in [5, 5.41) is 7.50. The van der Waals surface area contributed by atoms with Crippen LogP contribution in [0.25, 0.3) is 23.0 Å². The molecule has 3 heterocycles. The van der Waals surface area contributed by atoms with Gasteiger partial charge in [-0.15, -0.1) is 0 Å². The molecular weight excluding hydrogens is 343 g/mol. The number of aromatic nitrogens is 6. The molecule has 0 aliphatic rings. The molecule has 0 aliphatic carbocycles. The van der Waals surface area contributed by atoms with E-state index in [0.29, 0.717) is 11.1 Å². The Morgan fingerprint density at radius 1 is 1.12 bits per heavy atom. The fraction of sp³-hybridized carbons (Fsp3) is 0.125. The zero-order valence-corrected chi connectivity index (χ0v) is 13.5. The Bertz CT molecular complexity index is 1120. The third-order valence-corrected chi connectivity index (χ3v) is 3.64. The average Bonchev–Trinajstić information content (AvgIpc) is 3.26. The summed E-state index contributed by atoms with van der Waals surface area (Å²) in [6.07, 6.45) is 3.03. The Hall–Kier alpha value is -3.69. The van der Waals surface area contributed by atoms with E-state index in [2.05, 4.69) is 29.8 Å². The van der Waals surface area contributed by atoms with Crippen LogP contribution in [0.1, 0.15) is 11.5 Å². The van der Waals surface area contributed by atoms with Crippen molar-refractivity contribution in [2.45, 2.75) is 13.5 Å². The van der Waals surface area contributed by atoms with Gasteiger partial charge in [0.1, 0.15) is 12.4 Å². The Balaban J connectivity index is 1.65. The lowest BCUT2D eigenvalue weighted by atomic mass is 10.1. The highest BCUT2D eigenvalue weighted by molar-refractivity contribution is 5.55. The number of hydrogen-bond acceptors (Lipinski definition) is 8. The molecule has 0 unspecified atom stereocenters. The van der Waals surface area contributed by atoms with Gasteiger partial charge in [0.25, 0.3) is 0 Å². The van der Waals surface area contributed by atoms with Crippen LogP contribution in [0.3, 0.4) is 0 Å². The second-order valence-corrected chi connectivity index (χ2v) is 5.41. The van der Waals surface area contributed by atoms with Gasteiger partial charge in [0, 0.05) is 18.0 Å². The van der Waals surface area contributed by atoms with Crippen LogP contribution in [0, 0.1) is 12.7 Å². The molecule has 26 heavy (non-hydrogen) atoms. The summed E-state index contributed by atoms with van der Waals surface area (Å²) in [6, 6.07) is 6.26. The monoisotopic (exact) mass is 354 g/mol. The number of hydrogen-bond donors (Lipinski definition) is 0. The Kier molecular flexibility index (Phi) is 3.84. The summed E-state index contributed by atoms with van der Waals surface area (Å²) >= 11 is 0. The molecule has 4 rings (SSSR count). The predicted molar refractivity (Wildman–Crippen MR) is 85.3 cm³/mol. The van der Waals surface area contributed by atoms with Gasteiger partial charge < -0.3 is 4.52 Å². The van der Waals surface area contributed by atoms with E-state index in [0.717, 1.165) is 0 Å². The van der Waals surface area contributed by atoms with Crippen molar-refractivity contribution in [2.75, 3.05) is 0 Å². The SMILES string of the molecule is Cc1ccc(-c2noc(Cn3c(-c4ncccn4)noc3=O)n2)cc1F. The van der Waals surface area contributed by atoms with Crippen molar-refractivity contribution >= 4 is 0 Å². The fourth-order valence-corrected chi connectivity index (χ4v) is 2.29. The number of benzene rings is 1. The van der Waals surface area contributed by atoms with Gasteiger partial charge in [0.05, 0.1) is 0 Å². The standard InChI is InChI=1S/C16H11FN6O3/c1-9-3-4-10(7-11(9)17)13-20-12(25-21-13)8-23-15(22-26-16(23)24)14-18-5-2-6-19-14/h2-7H,8H2,1H3. The second kappa shape index (κ2) is 6.31. The van der Waals surface area contributed by atoms with Crippen molar-refractivity contribution in [2.24, 2.45) is 0 Å². The Labute approximate surface area is 145 Å². The van der Waals surface area contributed by atoms with Crippen LogP contribution in [-0.2, 0) is 6.54 Å². The third-order valence-electron chi connectivity index (χ3n) is 3.64. The maximum Gasteiger partial charge on any atom is 0.442 e. The van der Waals surface area contributed by atoms with Crippen LogP contribution in [0.4, 0.5) is 4.39 Å². The Morgan fingerprint density at radius 3 is 2.69 bits per heavy atom. The lowest BCUT2D eigenvalue weighted by Gasteiger charge is -1.99. The summed E-state index contributed by atoms with van der Waals surface area (Å²) < 4.78 is 24.7. The molecule has 0 bridgehead atoms. The smallest absolute Gasteiger partial charge is 0.337 e. The molecule has 0 atom stereocenters. The third kappa shape index (κ3) is 2.88. The largest absolute Gasteiger partial charge is 0.442 e. The molecular formula is C16H11FN6O3. The molecule has 0 radical (unpaired) electrons. The molecule has 0 saturated heterocycles. The number of nitrogens with zero attached hydrogens (tertiary/aromatic N) is 6. The van der Waals surface area contributed by atoms with Crippen LogP contribution in [0.2, 0.25) is 0 Å². The fourth-order valence-electron chi connectivity index (χ4n) is 2.29. The van der Waals surface area contributed by atoms with E-state index in [4.69, 9.17) is 4.52 Å². The van der Waals surface area contributed by atoms with E-state index in [-0.39, 0.29) is 35.7 Å². The van der Waals surface area contributed by atoms with Crippen LogP contribution < -0.4 is 5.76 Å². The average molecular weight is 354 g/mol. The van der Waals surface area contributed by atoms with Crippen LogP contribution in [0.5, 0.6) is 0 Å². The molecule has 130 valence electrons. The van der Waals surface area contributed by atoms with Crippen LogP contribution in [-0.4, -0.2) is 29.8 Å². The minimum absolute atomic E-state index is 0.0860. The van der Waals surface area contributed by atoms with E-state index < -0.39 is 5.76 Å². The molecule has 4 aromatic rings. The maximum absolute atomic E-state index is 13.7. The van der Waals surface area contributed by atoms with Gasteiger partial charge in [-0.25, -0.2) is 23.7 Å². The number of rotatable bonds is 4. The first-order valence-electron chi connectivity index (χ1n) is 7.55. The predicted octanol–water partition coefficient (Wildman–Crippen LogP) is 1.84. The molecule has 1 aromatic carbocycles. The highest BCUT2D eigenvalue weighted by atomic mass is 19.1. The molecule has 0 fully saturated rings. The van der Waals surface area contributed by atoms with Gasteiger partial charge in [-0.1, -0.05) is 22.4 Å². The molecule has 10 heteroatoms. The van der Waals surface area contributed by atoms with Crippen molar-refractivity contribution in [1.29, 1.82) is 0 Å². The number of halogens is 1. The summed E-state index contributed by atoms with van der Waals surface area (Å²) in [6.45, 7) is 1.57. The molecule has 0 spiro atoms. The normalized spacial score (nSPS) is 11.0. The van der Waals surface area contributed by atoms with E-state index >= 15 is 0 Å². The van der Waals surface area contributed by atoms with Gasteiger partial charge in [-0.2, -0.15) is 4.98 Å². The molecule has 0 saturated carbocycles. The zero-order valence-electron chi connectivity index (χ0n) is 13.5. The minimum atomic E-state index is -0.714. The molecule has 9 nitrogen and oxygen atoms in total. The van der Waals surface area contributed by atoms with Crippen LogP contribution >= 0.6 is 0 Å². The Morgan fingerprint density at radius 2 is 1.92 bits per heavy atom. The lowest BCUT2D eigenvalue weighted by Crippen LogP contribution is -2.17. The van der Waals surface area contributed by atoms with Gasteiger partial charge in [-0.05, 0) is 24.6 Å². The molecule has 0 N–H and O–H groups in total. The van der Waals surface area contributed by atoms with Gasteiger partial charge >= 0.3 is 5.76 Å². The van der Waals surface area contributed by atoms with Gasteiger partial charge in [0.15, 0.2) is 5.82 Å². The second-order valence-electron chi connectivity index (χ2n) is 5.41. The van der Waals surface area contributed by atoms with Crippen molar-refractivity contribution < 1.29 is 13.4 Å². The van der Waals surface area contributed by atoms with E-state index in [1.165, 1.54) is 23.0 Å². The van der Waals surface area contributed by atoms with Crippen molar-refractivity contribution in [3.05, 3.63) is 64.5 Å². The van der Waals surface area contributed by atoms with E-state index in [1.807, 2.05) is 0 Å². The van der Waals surface area contributed by atoms with Crippen molar-refractivity contribution in [3.63, 3.8) is 0 Å².